The number of nitrogens with one attached hydrogen (secondary N) is 1. The number of hydrogen-bond acceptors (Lipinski definition) is 4. The van der Waals surface area contributed by atoms with Crippen LogP contribution in [0.1, 0.15) is 11.5 Å². The molecule has 0 spiro atoms. The van der Waals surface area contributed by atoms with Crippen molar-refractivity contribution in [3.05, 3.63) is 48.3 Å². The number of carbonyl (C=O) groups excluding carboxylic acids is 1. The van der Waals surface area contributed by atoms with Crippen LogP contribution in [0.25, 0.3) is 0 Å². The maximum absolute atomic E-state index is 12.9. The Balaban J connectivity index is 1.58. The van der Waals surface area contributed by atoms with Crippen molar-refractivity contribution in [1.82, 2.24) is 20.0 Å². The third-order valence-electron chi connectivity index (χ3n) is 5.03. The van der Waals surface area contributed by atoms with Crippen molar-refractivity contribution in [3.63, 3.8) is 0 Å². The number of hydrogen-bond donors (Lipinski definition) is 1. The Hall–Kier alpha value is -2.34. The number of para-hydroxylation sites is 1. The number of aromatic nitrogens is 2. The molecule has 0 aliphatic carbocycles. The molecule has 0 saturated carbocycles. The van der Waals surface area contributed by atoms with Gasteiger partial charge in [-0.1, -0.05) is 18.2 Å². The van der Waals surface area contributed by atoms with Gasteiger partial charge in [0.05, 0.1) is 12.1 Å². The monoisotopic (exact) mass is 341 g/mol. The summed E-state index contributed by atoms with van der Waals surface area (Å²) in [4.78, 5) is 17.0. The van der Waals surface area contributed by atoms with Gasteiger partial charge in [-0.05, 0) is 17.7 Å². The van der Waals surface area contributed by atoms with Crippen molar-refractivity contribution in [2.24, 2.45) is 13.0 Å². The number of likely N-dealkylation sites (N-methyl/N-ethyl adjacent to an activating group) is 2. The number of anilines is 1. The molecule has 3 rings (SSSR count). The van der Waals surface area contributed by atoms with Gasteiger partial charge in [-0.15, -0.1) is 0 Å². The van der Waals surface area contributed by atoms with E-state index >= 15 is 0 Å². The summed E-state index contributed by atoms with van der Waals surface area (Å²) in [5, 5.41) is 7.61. The Kier molecular flexibility index (Phi) is 5.38. The second-order valence-electron chi connectivity index (χ2n) is 6.84. The van der Waals surface area contributed by atoms with Crippen LogP contribution < -0.4 is 10.2 Å². The lowest BCUT2D eigenvalue weighted by Crippen LogP contribution is -2.40. The van der Waals surface area contributed by atoms with Crippen molar-refractivity contribution < 1.29 is 4.79 Å². The molecule has 1 fully saturated rings. The standard InChI is InChI=1S/C19H27N5O/c1-22(16-7-5-4-6-8-16)9-10-23(2)19(25)18-13-20-12-17(18)15-11-21-24(3)14-15/h4-8,11,14,17-18,20H,9-10,12-13H2,1-3H3/t17-,18+/m1/s1. The van der Waals surface area contributed by atoms with E-state index in [2.05, 4.69) is 34.5 Å². The normalized spacial score (nSPS) is 19.8. The minimum atomic E-state index is -0.0174. The van der Waals surface area contributed by atoms with Gasteiger partial charge in [0.2, 0.25) is 5.91 Å². The zero-order valence-corrected chi connectivity index (χ0v) is 15.2. The summed E-state index contributed by atoms with van der Waals surface area (Å²) in [5.41, 5.74) is 2.31. The van der Waals surface area contributed by atoms with Crippen LogP contribution in [0.2, 0.25) is 0 Å². The molecule has 6 heteroatoms. The van der Waals surface area contributed by atoms with E-state index in [0.717, 1.165) is 25.2 Å². The third-order valence-corrected chi connectivity index (χ3v) is 5.03. The van der Waals surface area contributed by atoms with Crippen LogP contribution in [-0.2, 0) is 11.8 Å². The molecule has 1 aromatic carbocycles. The molecule has 2 atom stereocenters. The van der Waals surface area contributed by atoms with E-state index in [0.29, 0.717) is 6.54 Å². The lowest BCUT2D eigenvalue weighted by Gasteiger charge is -2.27. The van der Waals surface area contributed by atoms with Crippen LogP contribution in [0.15, 0.2) is 42.7 Å². The van der Waals surface area contributed by atoms with E-state index < -0.39 is 0 Å². The highest BCUT2D eigenvalue weighted by Crippen LogP contribution is 2.29. The summed E-state index contributed by atoms with van der Waals surface area (Å²) in [6, 6.07) is 10.2. The van der Waals surface area contributed by atoms with Crippen molar-refractivity contribution in [2.45, 2.75) is 5.92 Å². The number of benzene rings is 1. The Morgan fingerprint density at radius 3 is 2.68 bits per heavy atom. The maximum Gasteiger partial charge on any atom is 0.227 e. The van der Waals surface area contributed by atoms with Crippen LogP contribution in [0.3, 0.4) is 0 Å². The summed E-state index contributed by atoms with van der Waals surface area (Å²) in [6.07, 6.45) is 3.89. The van der Waals surface area contributed by atoms with Crippen LogP contribution in [-0.4, -0.2) is 60.9 Å². The molecule has 0 radical (unpaired) electrons. The Morgan fingerprint density at radius 2 is 2.00 bits per heavy atom. The molecule has 6 nitrogen and oxygen atoms in total. The highest BCUT2D eigenvalue weighted by atomic mass is 16.2. The highest BCUT2D eigenvalue weighted by Gasteiger charge is 2.36. The van der Waals surface area contributed by atoms with E-state index in [4.69, 9.17) is 0 Å². The number of nitrogens with zero attached hydrogens (tertiary/aromatic N) is 4. The Morgan fingerprint density at radius 1 is 1.24 bits per heavy atom. The molecule has 1 N–H and O–H groups in total. The van der Waals surface area contributed by atoms with Gasteiger partial charge >= 0.3 is 0 Å². The number of rotatable bonds is 6. The fourth-order valence-electron chi connectivity index (χ4n) is 3.42. The fraction of sp³-hybridized carbons (Fsp3) is 0.474. The SMILES string of the molecule is CN(CCN(C)c1ccccc1)C(=O)[C@H]1CNC[C@@H]1c1cnn(C)c1. The molecule has 1 aromatic heterocycles. The molecule has 134 valence electrons. The van der Waals surface area contributed by atoms with Crippen LogP contribution >= 0.6 is 0 Å². The topological polar surface area (TPSA) is 53.4 Å². The fourth-order valence-corrected chi connectivity index (χ4v) is 3.42. The van der Waals surface area contributed by atoms with Crippen LogP contribution in [0, 0.1) is 5.92 Å². The molecular weight excluding hydrogens is 314 g/mol. The van der Waals surface area contributed by atoms with Gasteiger partial charge in [-0.3, -0.25) is 9.48 Å². The van der Waals surface area contributed by atoms with Crippen molar-refractivity contribution >= 4 is 11.6 Å². The number of carbonyl (C=O) groups is 1. The van der Waals surface area contributed by atoms with E-state index in [1.54, 1.807) is 4.68 Å². The van der Waals surface area contributed by atoms with Crippen molar-refractivity contribution in [2.75, 3.05) is 45.2 Å². The largest absolute Gasteiger partial charge is 0.373 e. The van der Waals surface area contributed by atoms with Crippen LogP contribution in [0.5, 0.6) is 0 Å². The summed E-state index contributed by atoms with van der Waals surface area (Å²) >= 11 is 0. The Labute approximate surface area is 149 Å². The molecule has 25 heavy (non-hydrogen) atoms. The molecule has 2 heterocycles. The zero-order valence-electron chi connectivity index (χ0n) is 15.2. The lowest BCUT2D eigenvalue weighted by atomic mass is 9.90. The first-order chi connectivity index (χ1) is 12.1. The Bertz CT molecular complexity index is 699. The van der Waals surface area contributed by atoms with Gasteiger partial charge in [0.1, 0.15) is 0 Å². The summed E-state index contributed by atoms with van der Waals surface area (Å²) < 4.78 is 1.80. The smallest absolute Gasteiger partial charge is 0.227 e. The molecule has 2 aromatic rings. The maximum atomic E-state index is 12.9. The molecule has 0 bridgehead atoms. The van der Waals surface area contributed by atoms with Gasteiger partial charge in [0.15, 0.2) is 0 Å². The summed E-state index contributed by atoms with van der Waals surface area (Å²) in [6.45, 7) is 3.08. The predicted octanol–water partition coefficient (Wildman–Crippen LogP) is 1.32. The zero-order chi connectivity index (χ0) is 17.8. The molecule has 1 aliphatic rings. The average Bonchev–Trinajstić information content (AvgIpc) is 3.28. The van der Waals surface area contributed by atoms with E-state index in [9.17, 15) is 4.79 Å². The minimum Gasteiger partial charge on any atom is -0.373 e. The van der Waals surface area contributed by atoms with Gasteiger partial charge < -0.3 is 15.1 Å². The average molecular weight is 341 g/mol. The second-order valence-corrected chi connectivity index (χ2v) is 6.84. The van der Waals surface area contributed by atoms with Crippen molar-refractivity contribution in [1.29, 1.82) is 0 Å². The predicted molar refractivity (Wildman–Crippen MR) is 99.7 cm³/mol. The number of aryl methyl sites for hydroxylation is 1. The molecule has 1 amide bonds. The summed E-state index contributed by atoms with van der Waals surface area (Å²) in [7, 11) is 5.87. The first-order valence-corrected chi connectivity index (χ1v) is 8.76. The molecule has 1 aliphatic heterocycles. The van der Waals surface area contributed by atoms with Gasteiger partial charge in [0, 0.05) is 65.1 Å². The summed E-state index contributed by atoms with van der Waals surface area (Å²) in [5.74, 6) is 0.395. The highest BCUT2D eigenvalue weighted by molar-refractivity contribution is 5.80. The van der Waals surface area contributed by atoms with E-state index in [-0.39, 0.29) is 17.7 Å². The number of amides is 1. The van der Waals surface area contributed by atoms with Crippen LogP contribution in [0.4, 0.5) is 5.69 Å². The molecular formula is C19H27N5O. The first-order valence-electron chi connectivity index (χ1n) is 8.76. The van der Waals surface area contributed by atoms with Gasteiger partial charge in [0.25, 0.3) is 0 Å². The first kappa shape index (κ1) is 17.5. The molecule has 1 saturated heterocycles. The third kappa shape index (κ3) is 4.02. The lowest BCUT2D eigenvalue weighted by molar-refractivity contribution is -0.133. The van der Waals surface area contributed by atoms with Gasteiger partial charge in [-0.2, -0.15) is 5.10 Å². The van der Waals surface area contributed by atoms with Crippen molar-refractivity contribution in [3.8, 4) is 0 Å². The molecule has 0 unspecified atom stereocenters. The van der Waals surface area contributed by atoms with E-state index in [1.165, 1.54) is 5.69 Å². The second kappa shape index (κ2) is 7.70. The quantitative estimate of drug-likeness (QED) is 0.861. The minimum absolute atomic E-state index is 0.0174. The van der Waals surface area contributed by atoms with E-state index in [1.807, 2.05) is 49.6 Å². The van der Waals surface area contributed by atoms with Gasteiger partial charge in [-0.25, -0.2) is 0 Å².